The van der Waals surface area contributed by atoms with Gasteiger partial charge in [0.15, 0.2) is 0 Å². The normalized spacial score (nSPS) is 14.2. The highest BCUT2D eigenvalue weighted by Gasteiger charge is 2.26. The van der Waals surface area contributed by atoms with Crippen molar-refractivity contribution in [3.05, 3.63) is 29.8 Å². The Hall–Kier alpha value is -0.950. The lowest BCUT2D eigenvalue weighted by Crippen LogP contribution is -2.46. The molecule has 1 unspecified atom stereocenters. The number of methoxy groups -OCH3 is 1. The maximum absolute atomic E-state index is 12.3. The number of hydrogen-bond donors (Lipinski definition) is 2. The number of sulfonamides is 1. The van der Waals surface area contributed by atoms with Crippen LogP contribution in [0.1, 0.15) is 38.9 Å². The van der Waals surface area contributed by atoms with E-state index in [1.54, 1.807) is 26.0 Å². The van der Waals surface area contributed by atoms with Gasteiger partial charge in [-0.3, -0.25) is 0 Å². The average molecular weight is 301 g/mol. The second kappa shape index (κ2) is 6.67. The van der Waals surface area contributed by atoms with Gasteiger partial charge < -0.3 is 9.84 Å². The summed E-state index contributed by atoms with van der Waals surface area (Å²) in [4.78, 5) is 0.145. The Bertz CT molecular complexity index is 540. The Labute approximate surface area is 121 Å². The molecule has 1 aromatic rings. The maximum Gasteiger partial charge on any atom is 0.241 e. The average Bonchev–Trinajstić information content (AvgIpc) is 2.36. The van der Waals surface area contributed by atoms with Gasteiger partial charge in [0.25, 0.3) is 0 Å². The fourth-order valence-corrected chi connectivity index (χ4v) is 3.39. The number of benzene rings is 1. The Balaban J connectivity index is 3.04. The first-order chi connectivity index (χ1) is 9.22. The molecular weight excluding hydrogens is 278 g/mol. The van der Waals surface area contributed by atoms with Crippen molar-refractivity contribution in [2.45, 2.75) is 43.7 Å². The van der Waals surface area contributed by atoms with Gasteiger partial charge in [0.2, 0.25) is 10.0 Å². The summed E-state index contributed by atoms with van der Waals surface area (Å²) in [6.07, 6.45) is -0.122. The van der Waals surface area contributed by atoms with Crippen molar-refractivity contribution in [3.63, 3.8) is 0 Å². The largest absolute Gasteiger partial charge is 0.388 e. The Morgan fingerprint density at radius 3 is 2.60 bits per heavy atom. The summed E-state index contributed by atoms with van der Waals surface area (Å²) < 4.78 is 32.3. The van der Waals surface area contributed by atoms with Crippen LogP contribution in [0.25, 0.3) is 0 Å². The van der Waals surface area contributed by atoms with E-state index in [0.717, 1.165) is 0 Å². The molecule has 0 fully saturated rings. The van der Waals surface area contributed by atoms with Gasteiger partial charge >= 0.3 is 0 Å². The van der Waals surface area contributed by atoms with Crippen LogP contribution in [0.3, 0.4) is 0 Å². The Kier molecular flexibility index (Phi) is 5.70. The zero-order valence-corrected chi connectivity index (χ0v) is 13.2. The van der Waals surface area contributed by atoms with Gasteiger partial charge in [0.1, 0.15) is 0 Å². The van der Waals surface area contributed by atoms with Gasteiger partial charge in [0.05, 0.1) is 23.1 Å². The van der Waals surface area contributed by atoms with E-state index in [9.17, 15) is 13.5 Å². The summed E-state index contributed by atoms with van der Waals surface area (Å²) in [5, 5.41) is 9.80. The van der Waals surface area contributed by atoms with E-state index >= 15 is 0 Å². The molecule has 1 atom stereocenters. The zero-order chi connectivity index (χ0) is 15.4. The molecule has 0 bridgehead atoms. The minimum atomic E-state index is -3.65. The van der Waals surface area contributed by atoms with Crippen LogP contribution in [-0.2, 0) is 14.8 Å². The second-order valence-electron chi connectivity index (χ2n) is 5.42. The third-order valence-corrected chi connectivity index (χ3v) is 4.55. The van der Waals surface area contributed by atoms with Crippen LogP contribution in [0.5, 0.6) is 0 Å². The van der Waals surface area contributed by atoms with Crippen LogP contribution in [0, 0.1) is 0 Å². The molecule has 0 aliphatic carbocycles. The van der Waals surface area contributed by atoms with E-state index in [0.29, 0.717) is 12.0 Å². The summed E-state index contributed by atoms with van der Waals surface area (Å²) in [5.41, 5.74) is -0.104. The lowest BCUT2D eigenvalue weighted by atomic mass is 10.1. The fraction of sp³-hybridized carbons (Fsp3) is 0.571. The third-order valence-electron chi connectivity index (χ3n) is 2.86. The van der Waals surface area contributed by atoms with Crippen LogP contribution in [0.2, 0.25) is 0 Å². The van der Waals surface area contributed by atoms with Crippen LogP contribution >= 0.6 is 0 Å². The maximum atomic E-state index is 12.3. The van der Waals surface area contributed by atoms with Crippen molar-refractivity contribution in [3.8, 4) is 0 Å². The Morgan fingerprint density at radius 1 is 1.40 bits per heavy atom. The molecule has 114 valence electrons. The highest BCUT2D eigenvalue weighted by Crippen LogP contribution is 2.21. The minimum absolute atomic E-state index is 0.145. The lowest BCUT2D eigenvalue weighted by Gasteiger charge is -2.25. The highest BCUT2D eigenvalue weighted by molar-refractivity contribution is 7.89. The number of nitrogens with one attached hydrogen (secondary N) is 1. The molecule has 1 aromatic carbocycles. The molecule has 0 aliphatic rings. The molecule has 0 radical (unpaired) electrons. The van der Waals surface area contributed by atoms with E-state index in [1.807, 2.05) is 6.92 Å². The molecule has 0 spiro atoms. The Morgan fingerprint density at radius 2 is 2.05 bits per heavy atom. The predicted molar refractivity (Wildman–Crippen MR) is 78.0 cm³/mol. The molecule has 0 saturated heterocycles. The number of aliphatic hydroxyl groups excluding tert-OH is 1. The molecule has 6 heteroatoms. The van der Waals surface area contributed by atoms with Crippen LogP contribution in [0.4, 0.5) is 0 Å². The van der Waals surface area contributed by atoms with Gasteiger partial charge in [-0.1, -0.05) is 19.1 Å². The molecule has 0 saturated carbocycles. The van der Waals surface area contributed by atoms with E-state index in [-0.39, 0.29) is 11.5 Å². The first kappa shape index (κ1) is 17.1. The van der Waals surface area contributed by atoms with Crippen molar-refractivity contribution in [1.29, 1.82) is 0 Å². The van der Waals surface area contributed by atoms with Gasteiger partial charge in [-0.2, -0.15) is 0 Å². The monoisotopic (exact) mass is 301 g/mol. The molecule has 20 heavy (non-hydrogen) atoms. The number of rotatable bonds is 7. The molecule has 2 N–H and O–H groups in total. The van der Waals surface area contributed by atoms with Crippen molar-refractivity contribution in [2.24, 2.45) is 0 Å². The topological polar surface area (TPSA) is 75.6 Å². The standard InChI is InChI=1S/C14H23NO4S/c1-5-13(16)11-7-6-8-12(9-11)20(17,18)15-14(2,3)10-19-4/h6-9,13,15-16H,5,10H2,1-4H3. The van der Waals surface area contributed by atoms with E-state index in [1.165, 1.54) is 19.2 Å². The van der Waals surface area contributed by atoms with Crippen molar-refractivity contribution in [1.82, 2.24) is 4.72 Å². The van der Waals surface area contributed by atoms with Gasteiger partial charge in [0, 0.05) is 7.11 Å². The second-order valence-corrected chi connectivity index (χ2v) is 7.10. The highest BCUT2D eigenvalue weighted by atomic mass is 32.2. The summed E-state index contributed by atoms with van der Waals surface area (Å²) in [6.45, 7) is 5.60. The van der Waals surface area contributed by atoms with Crippen LogP contribution in [-0.4, -0.2) is 32.8 Å². The SMILES string of the molecule is CCC(O)c1cccc(S(=O)(=O)NC(C)(C)COC)c1. The summed E-state index contributed by atoms with van der Waals surface area (Å²) in [6, 6.07) is 6.36. The quantitative estimate of drug-likeness (QED) is 0.805. The molecule has 0 heterocycles. The number of aliphatic hydroxyl groups is 1. The number of hydrogen-bond acceptors (Lipinski definition) is 4. The molecule has 0 amide bonds. The van der Waals surface area contributed by atoms with Crippen molar-refractivity contribution in [2.75, 3.05) is 13.7 Å². The lowest BCUT2D eigenvalue weighted by molar-refractivity contribution is 0.141. The van der Waals surface area contributed by atoms with Crippen LogP contribution < -0.4 is 4.72 Å². The summed E-state index contributed by atoms with van der Waals surface area (Å²) >= 11 is 0. The van der Waals surface area contributed by atoms with E-state index in [2.05, 4.69) is 4.72 Å². The molecular formula is C14H23NO4S. The first-order valence-electron chi connectivity index (χ1n) is 6.53. The number of ether oxygens (including phenoxy) is 1. The van der Waals surface area contributed by atoms with Crippen LogP contribution in [0.15, 0.2) is 29.2 Å². The van der Waals surface area contributed by atoms with Gasteiger partial charge in [-0.15, -0.1) is 0 Å². The fourth-order valence-electron chi connectivity index (χ4n) is 1.94. The van der Waals surface area contributed by atoms with Crippen molar-refractivity contribution < 1.29 is 18.3 Å². The van der Waals surface area contributed by atoms with E-state index < -0.39 is 21.7 Å². The van der Waals surface area contributed by atoms with Gasteiger partial charge in [-0.25, -0.2) is 13.1 Å². The molecule has 0 aromatic heterocycles. The first-order valence-corrected chi connectivity index (χ1v) is 8.01. The summed E-state index contributed by atoms with van der Waals surface area (Å²) in [7, 11) is -2.12. The minimum Gasteiger partial charge on any atom is -0.388 e. The molecule has 1 rings (SSSR count). The molecule has 5 nitrogen and oxygen atoms in total. The zero-order valence-electron chi connectivity index (χ0n) is 12.4. The van der Waals surface area contributed by atoms with E-state index in [4.69, 9.17) is 4.74 Å². The molecule has 0 aliphatic heterocycles. The van der Waals surface area contributed by atoms with Gasteiger partial charge in [-0.05, 0) is 38.0 Å². The smallest absolute Gasteiger partial charge is 0.241 e. The third kappa shape index (κ3) is 4.56. The summed E-state index contributed by atoms with van der Waals surface area (Å²) in [5.74, 6) is 0. The van der Waals surface area contributed by atoms with Crippen molar-refractivity contribution >= 4 is 10.0 Å². The predicted octanol–water partition coefficient (Wildman–Crippen LogP) is 1.83.